The fourth-order valence-corrected chi connectivity index (χ4v) is 4.99. The molecule has 0 aromatic heterocycles. The van der Waals surface area contributed by atoms with Crippen LogP contribution in [-0.4, -0.2) is 13.5 Å². The Bertz CT molecular complexity index is 1210. The predicted octanol–water partition coefficient (Wildman–Crippen LogP) is 6.06. The van der Waals surface area contributed by atoms with Gasteiger partial charge in [-0.1, -0.05) is 84.9 Å². The summed E-state index contributed by atoms with van der Waals surface area (Å²) in [7, 11) is -3.86. The van der Waals surface area contributed by atoms with E-state index in [1.165, 1.54) is 6.08 Å². The van der Waals surface area contributed by atoms with Crippen molar-refractivity contribution >= 4 is 15.4 Å². The van der Waals surface area contributed by atoms with Crippen molar-refractivity contribution in [2.75, 3.05) is 0 Å². The molecule has 30 heavy (non-hydrogen) atoms. The minimum atomic E-state index is -3.86. The lowest BCUT2D eigenvalue weighted by atomic mass is 9.87. The minimum absolute atomic E-state index is 0.0215. The van der Waals surface area contributed by atoms with E-state index >= 15 is 0 Å². The van der Waals surface area contributed by atoms with Crippen molar-refractivity contribution in [3.8, 4) is 0 Å². The van der Waals surface area contributed by atoms with Gasteiger partial charge < -0.3 is 5.11 Å². The summed E-state index contributed by atoms with van der Waals surface area (Å²) >= 11 is 0. The van der Waals surface area contributed by atoms with Crippen LogP contribution < -0.4 is 0 Å². The van der Waals surface area contributed by atoms with E-state index in [1.54, 1.807) is 36.4 Å². The number of hydrogen-bond acceptors (Lipinski definition) is 3. The third-order valence-electron chi connectivity index (χ3n) is 5.20. The van der Waals surface area contributed by atoms with Gasteiger partial charge in [0.2, 0.25) is 9.84 Å². The Balaban J connectivity index is 1.88. The Hall–Kier alpha value is -3.37. The van der Waals surface area contributed by atoms with E-state index in [0.717, 1.165) is 16.7 Å². The molecule has 1 N–H and O–H groups in total. The van der Waals surface area contributed by atoms with Crippen LogP contribution in [0.3, 0.4) is 0 Å². The molecule has 0 saturated carbocycles. The van der Waals surface area contributed by atoms with Gasteiger partial charge in [0.15, 0.2) is 0 Å². The van der Waals surface area contributed by atoms with Crippen molar-refractivity contribution in [1.29, 1.82) is 0 Å². The molecule has 3 aromatic rings. The van der Waals surface area contributed by atoms with Crippen LogP contribution >= 0.6 is 0 Å². The standard InChI is InChI=1S/C26H22O3S/c27-25-19-23(21-12-6-2-7-13-21)18-22(20-10-4-1-5-11-20)16-17-26(25)30(28,29)24-14-8-3-9-15-24/h1-17,19,22,27H,18H2/b17-16-,23-19+,26-25-/t22-/m0/s1. The quantitative estimate of drug-likeness (QED) is 0.565. The summed E-state index contributed by atoms with van der Waals surface area (Å²) in [6.07, 6.45) is 5.64. The van der Waals surface area contributed by atoms with Gasteiger partial charge in [0.05, 0.1) is 4.90 Å². The molecule has 150 valence electrons. The van der Waals surface area contributed by atoms with Crippen LogP contribution in [0.4, 0.5) is 0 Å². The van der Waals surface area contributed by atoms with Crippen molar-refractivity contribution in [2.24, 2.45) is 0 Å². The number of allylic oxidation sites excluding steroid dienone is 4. The molecule has 3 aromatic carbocycles. The van der Waals surface area contributed by atoms with Crippen molar-refractivity contribution in [1.82, 2.24) is 0 Å². The first kappa shape index (κ1) is 19.9. The van der Waals surface area contributed by atoms with Crippen molar-refractivity contribution in [3.05, 3.63) is 131 Å². The van der Waals surface area contributed by atoms with E-state index in [0.29, 0.717) is 6.42 Å². The molecule has 0 bridgehead atoms. The summed E-state index contributed by atoms with van der Waals surface area (Å²) in [6.45, 7) is 0. The van der Waals surface area contributed by atoms with Crippen LogP contribution in [0.2, 0.25) is 0 Å². The number of hydrogen-bond donors (Lipinski definition) is 1. The van der Waals surface area contributed by atoms with Gasteiger partial charge in [-0.2, -0.15) is 0 Å². The third-order valence-corrected chi connectivity index (χ3v) is 7.02. The maximum atomic E-state index is 13.3. The minimum Gasteiger partial charge on any atom is -0.507 e. The summed E-state index contributed by atoms with van der Waals surface area (Å²) in [6, 6.07) is 27.9. The Morgan fingerprint density at radius 2 is 1.33 bits per heavy atom. The van der Waals surface area contributed by atoms with Crippen molar-refractivity contribution in [2.45, 2.75) is 17.2 Å². The van der Waals surface area contributed by atoms with Gasteiger partial charge in [-0.3, -0.25) is 0 Å². The Morgan fingerprint density at radius 3 is 1.97 bits per heavy atom. The zero-order valence-corrected chi connectivity index (χ0v) is 17.2. The number of aliphatic hydroxyl groups is 1. The molecule has 0 radical (unpaired) electrons. The number of benzene rings is 3. The lowest BCUT2D eigenvalue weighted by Gasteiger charge is -2.19. The van der Waals surface area contributed by atoms with E-state index in [9.17, 15) is 13.5 Å². The van der Waals surface area contributed by atoms with Gasteiger partial charge in [-0.15, -0.1) is 0 Å². The highest BCUT2D eigenvalue weighted by atomic mass is 32.2. The van der Waals surface area contributed by atoms with Crippen LogP contribution in [0.25, 0.3) is 5.57 Å². The molecule has 0 saturated heterocycles. The molecule has 4 rings (SSSR count). The van der Waals surface area contributed by atoms with Crippen LogP contribution in [0, 0.1) is 0 Å². The molecule has 0 amide bonds. The van der Waals surface area contributed by atoms with E-state index < -0.39 is 9.84 Å². The van der Waals surface area contributed by atoms with Gasteiger partial charge in [-0.05, 0) is 47.4 Å². The fourth-order valence-electron chi connectivity index (χ4n) is 3.63. The third kappa shape index (κ3) is 4.14. The highest BCUT2D eigenvalue weighted by Crippen LogP contribution is 2.35. The van der Waals surface area contributed by atoms with Crippen LogP contribution in [0.15, 0.2) is 125 Å². The van der Waals surface area contributed by atoms with Gasteiger partial charge >= 0.3 is 0 Å². The molecular formula is C26H22O3S. The van der Waals surface area contributed by atoms with Crippen LogP contribution in [0.5, 0.6) is 0 Å². The topological polar surface area (TPSA) is 54.4 Å². The number of rotatable bonds is 4. The summed E-state index contributed by atoms with van der Waals surface area (Å²) in [5, 5.41) is 10.8. The Labute approximate surface area is 177 Å². The summed E-state index contributed by atoms with van der Waals surface area (Å²) in [5.74, 6) is -0.271. The van der Waals surface area contributed by atoms with E-state index in [-0.39, 0.29) is 21.5 Å². The lowest BCUT2D eigenvalue weighted by molar-refractivity contribution is 0.430. The van der Waals surface area contributed by atoms with Gasteiger partial charge in [0, 0.05) is 5.92 Å². The first-order valence-corrected chi connectivity index (χ1v) is 11.3. The molecular weight excluding hydrogens is 392 g/mol. The second-order valence-electron chi connectivity index (χ2n) is 7.18. The monoisotopic (exact) mass is 414 g/mol. The summed E-state index contributed by atoms with van der Waals surface area (Å²) < 4.78 is 26.5. The highest BCUT2D eigenvalue weighted by Gasteiger charge is 2.25. The van der Waals surface area contributed by atoms with Crippen LogP contribution in [-0.2, 0) is 9.84 Å². The average molecular weight is 415 g/mol. The molecule has 0 spiro atoms. The molecule has 3 nitrogen and oxygen atoms in total. The normalized spacial score (nSPS) is 22.4. The number of aliphatic hydroxyl groups excluding tert-OH is 1. The van der Waals surface area contributed by atoms with Gasteiger partial charge in [0.1, 0.15) is 10.7 Å². The molecule has 4 heteroatoms. The molecule has 0 fully saturated rings. The zero-order chi connectivity index (χ0) is 21.0. The molecule has 1 atom stereocenters. The smallest absolute Gasteiger partial charge is 0.210 e. The van der Waals surface area contributed by atoms with Crippen molar-refractivity contribution < 1.29 is 13.5 Å². The highest BCUT2D eigenvalue weighted by molar-refractivity contribution is 7.95. The Kier molecular flexibility index (Phi) is 5.68. The van der Waals surface area contributed by atoms with Gasteiger partial charge in [0.25, 0.3) is 0 Å². The first-order chi connectivity index (χ1) is 14.6. The average Bonchev–Trinajstić information content (AvgIpc) is 2.78. The summed E-state index contributed by atoms with van der Waals surface area (Å²) in [4.78, 5) is 0.0606. The van der Waals surface area contributed by atoms with Gasteiger partial charge in [-0.25, -0.2) is 8.42 Å². The van der Waals surface area contributed by atoms with E-state index in [4.69, 9.17) is 0 Å². The second kappa shape index (κ2) is 8.56. The molecule has 1 aliphatic carbocycles. The Morgan fingerprint density at radius 1 is 0.767 bits per heavy atom. The first-order valence-electron chi connectivity index (χ1n) is 9.78. The molecule has 0 aliphatic heterocycles. The SMILES string of the molecule is O=S(=O)(C1=C(O)/C=C(/c2ccccc2)C[C@@H](c2ccccc2)/C=C\1)c1ccccc1. The van der Waals surface area contributed by atoms with Crippen LogP contribution in [0.1, 0.15) is 23.5 Å². The molecule has 0 heterocycles. The largest absolute Gasteiger partial charge is 0.507 e. The zero-order valence-electron chi connectivity index (χ0n) is 16.3. The molecule has 0 unspecified atom stereocenters. The van der Waals surface area contributed by atoms with E-state index in [1.807, 2.05) is 66.7 Å². The fraction of sp³-hybridized carbons (Fsp3) is 0.0769. The predicted molar refractivity (Wildman–Crippen MR) is 121 cm³/mol. The maximum Gasteiger partial charge on any atom is 0.210 e. The van der Waals surface area contributed by atoms with E-state index in [2.05, 4.69) is 0 Å². The van der Waals surface area contributed by atoms with Crippen molar-refractivity contribution in [3.63, 3.8) is 0 Å². The lowest BCUT2D eigenvalue weighted by Crippen LogP contribution is -2.08. The number of sulfone groups is 1. The maximum absolute atomic E-state index is 13.3. The molecule has 1 aliphatic rings. The summed E-state index contributed by atoms with van der Waals surface area (Å²) in [5.41, 5.74) is 2.93. The second-order valence-corrected chi connectivity index (χ2v) is 9.10.